The minimum Gasteiger partial charge on any atom is -0.423 e. The topological polar surface area (TPSA) is 71.7 Å². The normalized spacial score (nSPS) is 12.6. The van der Waals surface area contributed by atoms with E-state index in [9.17, 15) is 14.9 Å². The molecule has 0 spiro atoms. The summed E-state index contributed by atoms with van der Waals surface area (Å²) in [6, 6.07) is 3.16. The van der Waals surface area contributed by atoms with Crippen LogP contribution in [0.15, 0.2) is 23.1 Å². The molecule has 0 radical (unpaired) electrons. The van der Waals surface area contributed by atoms with E-state index in [4.69, 9.17) is 4.65 Å². The van der Waals surface area contributed by atoms with Crippen LogP contribution in [-0.4, -0.2) is 33.0 Å². The number of hydrogen-bond acceptors (Lipinski definition) is 4. The number of aromatic nitrogens is 1. The molecule has 0 atom stereocenters. The quantitative estimate of drug-likeness (QED) is 0.719. The van der Waals surface area contributed by atoms with Gasteiger partial charge < -0.3 is 19.4 Å². The lowest BCUT2D eigenvalue weighted by atomic mass is 9.77. The van der Waals surface area contributed by atoms with Crippen molar-refractivity contribution in [2.24, 2.45) is 7.05 Å². The highest BCUT2D eigenvalue weighted by atomic mass is 16.5. The summed E-state index contributed by atoms with van der Waals surface area (Å²) in [7, 11) is 0.228. The van der Waals surface area contributed by atoms with Gasteiger partial charge in [-0.2, -0.15) is 0 Å². The third-order valence-corrected chi connectivity index (χ3v) is 3.30. The summed E-state index contributed by atoms with van der Waals surface area (Å²) in [5, 5.41) is 19.9. The first-order chi connectivity index (χ1) is 8.06. The second-order valence-corrected chi connectivity index (χ2v) is 5.42. The summed E-state index contributed by atoms with van der Waals surface area (Å²) in [6.07, 6.45) is 1.60. The van der Waals surface area contributed by atoms with Crippen molar-refractivity contribution in [1.82, 2.24) is 4.57 Å². The molecule has 0 amide bonds. The Balaban J connectivity index is 3.00. The molecule has 5 nitrogen and oxygen atoms in total. The standard InChI is InChI=1S/C12H20BNO4/c1-11(2,16)12(3,4)18-13(17)9-7-6-8-14(5)10(9)15/h6-8,16-17H,1-5H3. The largest absolute Gasteiger partial charge is 0.497 e. The van der Waals surface area contributed by atoms with E-state index < -0.39 is 18.3 Å². The number of aryl methyl sites for hydroxylation is 1. The fraction of sp³-hybridized carbons (Fsp3) is 0.583. The summed E-state index contributed by atoms with van der Waals surface area (Å²) in [5.74, 6) is 0. The Kier molecular flexibility index (Phi) is 4.05. The van der Waals surface area contributed by atoms with Crippen LogP contribution in [0.5, 0.6) is 0 Å². The third kappa shape index (κ3) is 3.01. The van der Waals surface area contributed by atoms with Gasteiger partial charge in [-0.3, -0.25) is 4.79 Å². The zero-order valence-corrected chi connectivity index (χ0v) is 11.5. The summed E-state index contributed by atoms with van der Waals surface area (Å²) in [4.78, 5) is 11.8. The number of pyridine rings is 1. The number of hydrogen-bond donors (Lipinski definition) is 2. The van der Waals surface area contributed by atoms with E-state index in [0.29, 0.717) is 0 Å². The molecule has 1 heterocycles. The first kappa shape index (κ1) is 15.0. The van der Waals surface area contributed by atoms with E-state index >= 15 is 0 Å². The molecule has 6 heteroatoms. The molecule has 0 aliphatic rings. The molecule has 0 unspecified atom stereocenters. The van der Waals surface area contributed by atoms with Crippen molar-refractivity contribution >= 4 is 12.6 Å². The first-order valence-electron chi connectivity index (χ1n) is 5.80. The van der Waals surface area contributed by atoms with Gasteiger partial charge in [-0.05, 0) is 33.8 Å². The molecule has 0 bridgehead atoms. The highest BCUT2D eigenvalue weighted by molar-refractivity contribution is 6.59. The maximum atomic E-state index is 11.8. The van der Waals surface area contributed by atoms with Crippen LogP contribution in [0.4, 0.5) is 0 Å². The molecule has 2 N–H and O–H groups in total. The first-order valence-corrected chi connectivity index (χ1v) is 5.80. The van der Waals surface area contributed by atoms with Gasteiger partial charge in [-0.25, -0.2) is 0 Å². The van der Waals surface area contributed by atoms with Gasteiger partial charge in [-0.15, -0.1) is 0 Å². The van der Waals surface area contributed by atoms with Crippen molar-refractivity contribution in [1.29, 1.82) is 0 Å². The lowest BCUT2D eigenvalue weighted by Crippen LogP contribution is -2.56. The van der Waals surface area contributed by atoms with Crippen molar-refractivity contribution in [2.75, 3.05) is 0 Å². The minimum absolute atomic E-state index is 0.150. The van der Waals surface area contributed by atoms with Crippen molar-refractivity contribution in [3.05, 3.63) is 28.7 Å². The molecule has 1 rings (SSSR count). The number of rotatable bonds is 4. The maximum absolute atomic E-state index is 11.8. The zero-order valence-electron chi connectivity index (χ0n) is 11.5. The van der Waals surface area contributed by atoms with E-state index in [1.54, 1.807) is 47.0 Å². The smallest absolute Gasteiger partial charge is 0.423 e. The van der Waals surface area contributed by atoms with Crippen molar-refractivity contribution < 1.29 is 14.8 Å². The Bertz CT molecular complexity index is 476. The van der Waals surface area contributed by atoms with Gasteiger partial charge in [0.25, 0.3) is 0 Å². The van der Waals surface area contributed by atoms with Crippen LogP contribution < -0.4 is 11.0 Å². The van der Waals surface area contributed by atoms with Gasteiger partial charge in [-0.1, -0.05) is 6.07 Å². The Labute approximate surface area is 107 Å². The molecule has 0 aromatic carbocycles. The summed E-state index contributed by atoms with van der Waals surface area (Å²) in [5.41, 5.74) is -2.31. The summed E-state index contributed by atoms with van der Waals surface area (Å²) in [6.45, 7) is 6.49. The monoisotopic (exact) mass is 253 g/mol. The van der Waals surface area contributed by atoms with Crippen LogP contribution in [-0.2, 0) is 11.7 Å². The second kappa shape index (κ2) is 4.88. The molecule has 18 heavy (non-hydrogen) atoms. The van der Waals surface area contributed by atoms with Crippen LogP contribution in [0.3, 0.4) is 0 Å². The van der Waals surface area contributed by atoms with Gasteiger partial charge in [0.05, 0.1) is 11.2 Å². The second-order valence-electron chi connectivity index (χ2n) is 5.42. The number of nitrogens with zero attached hydrogens (tertiary/aromatic N) is 1. The van der Waals surface area contributed by atoms with E-state index in [-0.39, 0.29) is 11.0 Å². The Morgan fingerprint density at radius 3 is 2.39 bits per heavy atom. The molecule has 1 aromatic rings. The van der Waals surface area contributed by atoms with Crippen molar-refractivity contribution in [3.63, 3.8) is 0 Å². The van der Waals surface area contributed by atoms with Gasteiger partial charge in [0, 0.05) is 18.7 Å². The molecular weight excluding hydrogens is 233 g/mol. The van der Waals surface area contributed by atoms with Gasteiger partial charge in [0.1, 0.15) is 0 Å². The van der Waals surface area contributed by atoms with Gasteiger partial charge >= 0.3 is 7.12 Å². The average molecular weight is 253 g/mol. The van der Waals surface area contributed by atoms with Crippen LogP contribution >= 0.6 is 0 Å². The van der Waals surface area contributed by atoms with Crippen LogP contribution in [0.1, 0.15) is 27.7 Å². The Morgan fingerprint density at radius 1 is 1.33 bits per heavy atom. The maximum Gasteiger partial charge on any atom is 0.497 e. The predicted molar refractivity (Wildman–Crippen MR) is 70.8 cm³/mol. The predicted octanol–water partition coefficient (Wildman–Crippen LogP) is -0.361. The molecule has 0 saturated carbocycles. The highest BCUT2D eigenvalue weighted by Gasteiger charge is 2.40. The fourth-order valence-corrected chi connectivity index (χ4v) is 1.29. The highest BCUT2D eigenvalue weighted by Crippen LogP contribution is 2.25. The van der Waals surface area contributed by atoms with Crippen LogP contribution in [0, 0.1) is 0 Å². The molecule has 0 saturated heterocycles. The van der Waals surface area contributed by atoms with Crippen molar-refractivity contribution in [2.45, 2.75) is 38.9 Å². The van der Waals surface area contributed by atoms with Gasteiger partial charge in [0.2, 0.25) is 5.56 Å². The molecule has 0 aliphatic carbocycles. The molecule has 100 valence electrons. The van der Waals surface area contributed by atoms with Crippen LogP contribution in [0.25, 0.3) is 0 Å². The number of aliphatic hydroxyl groups is 1. The molecule has 0 aliphatic heterocycles. The fourth-order valence-electron chi connectivity index (χ4n) is 1.29. The zero-order chi connectivity index (χ0) is 14.1. The Morgan fingerprint density at radius 2 is 1.89 bits per heavy atom. The van der Waals surface area contributed by atoms with E-state index in [2.05, 4.69) is 0 Å². The van der Waals surface area contributed by atoms with Gasteiger partial charge in [0.15, 0.2) is 0 Å². The lowest BCUT2D eigenvalue weighted by Gasteiger charge is -2.38. The molecule has 0 fully saturated rings. The van der Waals surface area contributed by atoms with E-state index in [1.165, 1.54) is 10.6 Å². The van der Waals surface area contributed by atoms with Crippen LogP contribution in [0.2, 0.25) is 0 Å². The lowest BCUT2D eigenvalue weighted by molar-refractivity contribution is -0.0983. The average Bonchev–Trinajstić information content (AvgIpc) is 2.19. The van der Waals surface area contributed by atoms with E-state index in [0.717, 1.165) is 0 Å². The SMILES string of the molecule is Cn1cccc(B(O)OC(C)(C)C(C)(C)O)c1=O. The third-order valence-electron chi connectivity index (χ3n) is 3.30. The molecule has 1 aromatic heterocycles. The summed E-state index contributed by atoms with van der Waals surface area (Å²) >= 11 is 0. The Hall–Kier alpha value is -1.11. The molecular formula is C12H20BNO4. The summed E-state index contributed by atoms with van der Waals surface area (Å²) < 4.78 is 6.78. The van der Waals surface area contributed by atoms with Crippen molar-refractivity contribution in [3.8, 4) is 0 Å². The minimum atomic E-state index is -1.37. The van der Waals surface area contributed by atoms with E-state index in [1.807, 2.05) is 0 Å².